The molecule has 7 heteroatoms. The van der Waals surface area contributed by atoms with Crippen molar-refractivity contribution in [3.63, 3.8) is 0 Å². The minimum Gasteiger partial charge on any atom is -0.465 e. The summed E-state index contributed by atoms with van der Waals surface area (Å²) in [5.74, 6) is -0.291. The van der Waals surface area contributed by atoms with Gasteiger partial charge in [-0.3, -0.25) is 14.5 Å². The number of likely N-dealkylation sites (tertiary alicyclic amines) is 1. The molecule has 1 aliphatic rings. The lowest BCUT2D eigenvalue weighted by Crippen LogP contribution is -2.37. The van der Waals surface area contributed by atoms with Gasteiger partial charge in [0.25, 0.3) is 0 Å². The molecule has 0 aliphatic carbocycles. The Hall–Kier alpha value is -2.70. The first-order chi connectivity index (χ1) is 11.6. The first-order valence-electron chi connectivity index (χ1n) is 7.93. The number of piperidine rings is 1. The van der Waals surface area contributed by atoms with Gasteiger partial charge in [0, 0.05) is 44.2 Å². The Morgan fingerprint density at radius 1 is 1.25 bits per heavy atom. The highest BCUT2D eigenvalue weighted by Crippen LogP contribution is 2.24. The zero-order chi connectivity index (χ0) is 17.1. The third-order valence-corrected chi connectivity index (χ3v) is 4.35. The molecule has 0 radical (unpaired) electrons. The third-order valence-electron chi connectivity index (χ3n) is 4.35. The van der Waals surface area contributed by atoms with E-state index in [1.807, 2.05) is 21.8 Å². The van der Waals surface area contributed by atoms with Crippen molar-refractivity contribution in [2.45, 2.75) is 25.8 Å². The maximum Gasteiger partial charge on any atom is 0.339 e. The van der Waals surface area contributed by atoms with Gasteiger partial charge in [0.2, 0.25) is 5.91 Å². The highest BCUT2D eigenvalue weighted by Gasteiger charge is 2.22. The summed E-state index contributed by atoms with van der Waals surface area (Å²) in [6.07, 6.45) is 6.87. The highest BCUT2D eigenvalue weighted by molar-refractivity contribution is 5.90. The Morgan fingerprint density at radius 3 is 2.67 bits per heavy atom. The summed E-state index contributed by atoms with van der Waals surface area (Å²) >= 11 is 0. The van der Waals surface area contributed by atoms with Gasteiger partial charge in [-0.2, -0.15) is 5.10 Å². The lowest BCUT2D eigenvalue weighted by Gasteiger charge is -2.31. The molecular formula is C17H20N4O3. The van der Waals surface area contributed by atoms with Crippen LogP contribution in [0.4, 0.5) is 0 Å². The Bertz CT molecular complexity index is 748. The zero-order valence-electron chi connectivity index (χ0n) is 13.8. The van der Waals surface area contributed by atoms with Crippen LogP contribution in [0.3, 0.4) is 0 Å². The summed E-state index contributed by atoms with van der Waals surface area (Å²) in [5.41, 5.74) is 1.94. The predicted octanol–water partition coefficient (Wildman–Crippen LogP) is 1.92. The van der Waals surface area contributed by atoms with Crippen molar-refractivity contribution >= 4 is 11.9 Å². The summed E-state index contributed by atoms with van der Waals surface area (Å²) in [4.78, 5) is 29.0. The number of hydrogen-bond acceptors (Lipinski definition) is 5. The summed E-state index contributed by atoms with van der Waals surface area (Å²) in [6, 6.07) is 3.92. The van der Waals surface area contributed by atoms with E-state index in [-0.39, 0.29) is 11.9 Å². The van der Waals surface area contributed by atoms with E-state index in [0.29, 0.717) is 5.56 Å². The SMILES string of the molecule is COC(=O)c1cncc(-c2ccn(C3CCN(C(C)=O)CC3)n2)c1. The number of ether oxygens (including phenoxy) is 1. The molecule has 2 aromatic rings. The fraction of sp³-hybridized carbons (Fsp3) is 0.412. The number of esters is 1. The number of amides is 1. The summed E-state index contributed by atoms with van der Waals surface area (Å²) < 4.78 is 6.66. The van der Waals surface area contributed by atoms with Gasteiger partial charge in [-0.25, -0.2) is 4.79 Å². The fourth-order valence-electron chi connectivity index (χ4n) is 2.95. The molecule has 126 valence electrons. The standard InChI is InChI=1S/C17H20N4O3/c1-12(22)20-6-3-15(4-7-20)21-8-5-16(19-21)13-9-14(11-18-10-13)17(23)24-2/h5,8-11,15H,3-4,6-7H2,1-2H3. The van der Waals surface area contributed by atoms with E-state index in [9.17, 15) is 9.59 Å². The summed E-state index contributed by atoms with van der Waals surface area (Å²) in [7, 11) is 1.34. The molecule has 1 saturated heterocycles. The van der Waals surface area contributed by atoms with Gasteiger partial charge in [-0.05, 0) is 25.0 Å². The average molecular weight is 328 g/mol. The Balaban J connectivity index is 1.74. The molecule has 3 rings (SSSR count). The summed E-state index contributed by atoms with van der Waals surface area (Å²) in [6.45, 7) is 3.12. The topological polar surface area (TPSA) is 77.3 Å². The lowest BCUT2D eigenvalue weighted by atomic mass is 10.1. The molecule has 0 saturated carbocycles. The molecule has 0 bridgehead atoms. The van der Waals surface area contributed by atoms with Crippen LogP contribution in [0.2, 0.25) is 0 Å². The normalized spacial score (nSPS) is 15.3. The fourth-order valence-corrected chi connectivity index (χ4v) is 2.95. The van der Waals surface area contributed by atoms with Gasteiger partial charge in [0.15, 0.2) is 0 Å². The van der Waals surface area contributed by atoms with Gasteiger partial charge in [-0.15, -0.1) is 0 Å². The maximum atomic E-state index is 11.6. The van der Waals surface area contributed by atoms with Gasteiger partial charge < -0.3 is 9.64 Å². The molecule has 0 aromatic carbocycles. The maximum absolute atomic E-state index is 11.6. The minimum absolute atomic E-state index is 0.125. The highest BCUT2D eigenvalue weighted by atomic mass is 16.5. The van der Waals surface area contributed by atoms with E-state index in [1.54, 1.807) is 19.2 Å². The van der Waals surface area contributed by atoms with Crippen molar-refractivity contribution < 1.29 is 14.3 Å². The molecule has 1 fully saturated rings. The average Bonchev–Trinajstić information content (AvgIpc) is 3.11. The van der Waals surface area contributed by atoms with E-state index in [1.165, 1.54) is 13.3 Å². The predicted molar refractivity (Wildman–Crippen MR) is 87.3 cm³/mol. The quantitative estimate of drug-likeness (QED) is 0.805. The van der Waals surface area contributed by atoms with E-state index >= 15 is 0 Å². The van der Waals surface area contributed by atoms with Crippen molar-refractivity contribution in [2.75, 3.05) is 20.2 Å². The first kappa shape index (κ1) is 16.2. The zero-order valence-corrected chi connectivity index (χ0v) is 13.8. The largest absolute Gasteiger partial charge is 0.465 e. The van der Waals surface area contributed by atoms with Crippen molar-refractivity contribution in [1.29, 1.82) is 0 Å². The second-order valence-corrected chi connectivity index (χ2v) is 5.87. The van der Waals surface area contributed by atoms with Gasteiger partial charge in [0.1, 0.15) is 0 Å². The molecule has 1 amide bonds. The Labute approximate surface area is 140 Å². The number of rotatable bonds is 3. The van der Waals surface area contributed by atoms with Gasteiger partial charge in [0.05, 0.1) is 24.4 Å². The third kappa shape index (κ3) is 3.29. The number of nitrogens with zero attached hydrogens (tertiary/aromatic N) is 4. The first-order valence-corrected chi connectivity index (χ1v) is 7.93. The van der Waals surface area contributed by atoms with E-state index in [0.717, 1.165) is 37.2 Å². The molecule has 3 heterocycles. The molecule has 7 nitrogen and oxygen atoms in total. The number of pyridine rings is 1. The molecule has 0 N–H and O–H groups in total. The van der Waals surface area contributed by atoms with Crippen LogP contribution >= 0.6 is 0 Å². The van der Waals surface area contributed by atoms with E-state index < -0.39 is 5.97 Å². The number of hydrogen-bond donors (Lipinski definition) is 0. The van der Waals surface area contributed by atoms with Crippen LogP contribution in [0.15, 0.2) is 30.7 Å². The minimum atomic E-state index is -0.416. The molecule has 2 aromatic heterocycles. The number of aromatic nitrogens is 3. The van der Waals surface area contributed by atoms with Crippen LogP contribution < -0.4 is 0 Å². The van der Waals surface area contributed by atoms with Crippen LogP contribution in [0, 0.1) is 0 Å². The van der Waals surface area contributed by atoms with Crippen molar-refractivity contribution in [2.24, 2.45) is 0 Å². The molecular weight excluding hydrogens is 308 g/mol. The number of carbonyl (C=O) groups is 2. The Morgan fingerprint density at radius 2 is 2.00 bits per heavy atom. The molecule has 0 atom stereocenters. The van der Waals surface area contributed by atoms with Gasteiger partial charge >= 0.3 is 5.97 Å². The van der Waals surface area contributed by atoms with E-state index in [4.69, 9.17) is 4.74 Å². The van der Waals surface area contributed by atoms with Gasteiger partial charge in [-0.1, -0.05) is 0 Å². The smallest absolute Gasteiger partial charge is 0.339 e. The van der Waals surface area contributed by atoms with E-state index in [2.05, 4.69) is 10.1 Å². The number of carbonyl (C=O) groups excluding carboxylic acids is 2. The van der Waals surface area contributed by atoms with Crippen molar-refractivity contribution in [3.8, 4) is 11.3 Å². The summed E-state index contributed by atoms with van der Waals surface area (Å²) in [5, 5.41) is 4.62. The van der Waals surface area contributed by atoms with Crippen molar-refractivity contribution in [3.05, 3.63) is 36.3 Å². The second kappa shape index (κ2) is 6.82. The second-order valence-electron chi connectivity index (χ2n) is 5.87. The number of methoxy groups -OCH3 is 1. The Kier molecular flexibility index (Phi) is 4.59. The molecule has 0 spiro atoms. The molecule has 0 unspecified atom stereocenters. The van der Waals surface area contributed by atoms with Crippen LogP contribution in [0.5, 0.6) is 0 Å². The van der Waals surface area contributed by atoms with Crippen LogP contribution in [-0.4, -0.2) is 51.7 Å². The van der Waals surface area contributed by atoms with Crippen LogP contribution in [0.25, 0.3) is 11.3 Å². The molecule has 24 heavy (non-hydrogen) atoms. The molecule has 1 aliphatic heterocycles. The lowest BCUT2D eigenvalue weighted by molar-refractivity contribution is -0.130. The van der Waals surface area contributed by atoms with Crippen LogP contribution in [0.1, 0.15) is 36.2 Å². The monoisotopic (exact) mass is 328 g/mol. The van der Waals surface area contributed by atoms with Crippen LogP contribution in [-0.2, 0) is 9.53 Å². The van der Waals surface area contributed by atoms with Crippen molar-refractivity contribution in [1.82, 2.24) is 19.7 Å².